The van der Waals surface area contributed by atoms with Gasteiger partial charge in [0.05, 0.1) is 12.6 Å². The third-order valence-electron chi connectivity index (χ3n) is 2.17. The molecule has 1 unspecified atom stereocenters. The van der Waals surface area contributed by atoms with E-state index >= 15 is 0 Å². The molecule has 1 amide bonds. The average Bonchev–Trinajstić information content (AvgIpc) is 2.26. The molecule has 3 N–H and O–H groups in total. The first-order valence-electron chi connectivity index (χ1n) is 5.33. The molecule has 1 aromatic rings. The number of halogens is 1. The quantitative estimate of drug-likeness (QED) is 0.782. The van der Waals surface area contributed by atoms with Crippen molar-refractivity contribution in [3.8, 4) is 5.75 Å². The van der Waals surface area contributed by atoms with Gasteiger partial charge < -0.3 is 15.8 Å². The van der Waals surface area contributed by atoms with Crippen LogP contribution < -0.4 is 15.8 Å². The minimum absolute atomic E-state index is 0. The zero-order valence-electron chi connectivity index (χ0n) is 10.1. The van der Waals surface area contributed by atoms with Gasteiger partial charge in [-0.1, -0.05) is 18.2 Å². The monoisotopic (exact) mass is 258 g/mol. The lowest BCUT2D eigenvalue weighted by Crippen LogP contribution is -2.40. The molecule has 96 valence electrons. The van der Waals surface area contributed by atoms with Crippen LogP contribution in [0.15, 0.2) is 24.3 Å². The molecule has 0 spiro atoms. The fraction of sp³-hybridized carbons (Fsp3) is 0.417. The number of nitrogens with two attached hydrogens (primary N) is 1. The van der Waals surface area contributed by atoms with Gasteiger partial charge >= 0.3 is 0 Å². The Morgan fingerprint density at radius 1 is 1.47 bits per heavy atom. The summed E-state index contributed by atoms with van der Waals surface area (Å²) in [6.07, 6.45) is 0. The fourth-order valence-electron chi connectivity index (χ4n) is 1.21. The van der Waals surface area contributed by atoms with Crippen LogP contribution >= 0.6 is 12.4 Å². The van der Waals surface area contributed by atoms with Crippen LogP contribution in [0.25, 0.3) is 0 Å². The number of hydrogen-bond donors (Lipinski definition) is 2. The molecule has 1 rings (SSSR count). The van der Waals surface area contributed by atoms with E-state index in [0.717, 1.165) is 11.3 Å². The van der Waals surface area contributed by atoms with Crippen molar-refractivity contribution in [2.45, 2.75) is 19.9 Å². The van der Waals surface area contributed by atoms with E-state index in [-0.39, 0.29) is 18.3 Å². The van der Waals surface area contributed by atoms with Gasteiger partial charge in [-0.2, -0.15) is 0 Å². The van der Waals surface area contributed by atoms with Crippen molar-refractivity contribution in [1.29, 1.82) is 0 Å². The van der Waals surface area contributed by atoms with Crippen molar-refractivity contribution in [3.63, 3.8) is 0 Å². The number of carbonyl (C=O) groups is 1. The zero-order chi connectivity index (χ0) is 12.0. The summed E-state index contributed by atoms with van der Waals surface area (Å²) in [6, 6.07) is 7.29. The maximum Gasteiger partial charge on any atom is 0.236 e. The minimum atomic E-state index is -0.474. The summed E-state index contributed by atoms with van der Waals surface area (Å²) in [7, 11) is 0. The van der Waals surface area contributed by atoms with Crippen molar-refractivity contribution >= 4 is 18.3 Å². The van der Waals surface area contributed by atoms with Gasteiger partial charge in [-0.25, -0.2) is 0 Å². The van der Waals surface area contributed by atoms with Crippen molar-refractivity contribution < 1.29 is 9.53 Å². The molecule has 0 aromatic heterocycles. The lowest BCUT2D eigenvalue weighted by atomic mass is 10.2. The number of amides is 1. The van der Waals surface area contributed by atoms with Crippen LogP contribution in [0.3, 0.4) is 0 Å². The van der Waals surface area contributed by atoms with Gasteiger partial charge in [0.25, 0.3) is 0 Å². The van der Waals surface area contributed by atoms with Gasteiger partial charge in [-0.05, 0) is 25.5 Å². The van der Waals surface area contributed by atoms with E-state index in [2.05, 4.69) is 5.32 Å². The molecular weight excluding hydrogens is 240 g/mol. The molecule has 4 nitrogen and oxygen atoms in total. The molecule has 0 aliphatic rings. The summed E-state index contributed by atoms with van der Waals surface area (Å²) >= 11 is 0. The Morgan fingerprint density at radius 2 is 2.12 bits per heavy atom. The third-order valence-corrected chi connectivity index (χ3v) is 2.17. The van der Waals surface area contributed by atoms with Crippen molar-refractivity contribution in [3.05, 3.63) is 29.8 Å². The molecule has 0 aliphatic carbocycles. The SMILES string of the molecule is Cc1ccccc1OCCNC(=O)C(C)N.Cl. The molecule has 0 aliphatic heterocycles. The molecule has 0 fully saturated rings. The third kappa shape index (κ3) is 5.56. The highest BCUT2D eigenvalue weighted by atomic mass is 35.5. The molecule has 1 atom stereocenters. The van der Waals surface area contributed by atoms with Gasteiger partial charge in [0.2, 0.25) is 5.91 Å². The van der Waals surface area contributed by atoms with Crippen molar-refractivity contribution in [1.82, 2.24) is 5.32 Å². The Bertz CT molecular complexity index is 356. The predicted molar refractivity (Wildman–Crippen MR) is 70.6 cm³/mol. The molecule has 5 heteroatoms. The second kappa shape index (κ2) is 7.92. The second-order valence-corrected chi connectivity index (χ2v) is 3.69. The highest BCUT2D eigenvalue weighted by Gasteiger charge is 2.05. The molecule has 0 saturated heterocycles. The molecule has 0 radical (unpaired) electrons. The van der Waals surface area contributed by atoms with Crippen molar-refractivity contribution in [2.75, 3.05) is 13.2 Å². The van der Waals surface area contributed by atoms with Crippen LogP contribution in [-0.4, -0.2) is 25.1 Å². The summed E-state index contributed by atoms with van der Waals surface area (Å²) in [5.41, 5.74) is 6.48. The van der Waals surface area contributed by atoms with Gasteiger partial charge in [-0.3, -0.25) is 4.79 Å². The Morgan fingerprint density at radius 3 is 2.71 bits per heavy atom. The number of carbonyl (C=O) groups excluding carboxylic acids is 1. The van der Waals surface area contributed by atoms with E-state index in [0.29, 0.717) is 13.2 Å². The maximum atomic E-state index is 11.1. The number of ether oxygens (including phenoxy) is 1. The summed E-state index contributed by atoms with van der Waals surface area (Å²) in [4.78, 5) is 11.1. The summed E-state index contributed by atoms with van der Waals surface area (Å²) < 4.78 is 5.51. The van der Waals surface area contributed by atoms with E-state index in [1.807, 2.05) is 31.2 Å². The van der Waals surface area contributed by atoms with Gasteiger partial charge in [0.1, 0.15) is 12.4 Å². The summed E-state index contributed by atoms with van der Waals surface area (Å²) in [5.74, 6) is 0.686. The fourth-order valence-corrected chi connectivity index (χ4v) is 1.21. The lowest BCUT2D eigenvalue weighted by molar-refractivity contribution is -0.122. The smallest absolute Gasteiger partial charge is 0.236 e. The van der Waals surface area contributed by atoms with Crippen LogP contribution in [0.4, 0.5) is 0 Å². The minimum Gasteiger partial charge on any atom is -0.491 e. The highest BCUT2D eigenvalue weighted by molar-refractivity contribution is 5.85. The Hall–Kier alpha value is -1.26. The van der Waals surface area contributed by atoms with E-state index in [1.54, 1.807) is 6.92 Å². The van der Waals surface area contributed by atoms with Crippen LogP contribution in [0.5, 0.6) is 5.75 Å². The number of rotatable bonds is 5. The first-order valence-corrected chi connectivity index (χ1v) is 5.33. The number of para-hydroxylation sites is 1. The first kappa shape index (κ1) is 15.7. The van der Waals surface area contributed by atoms with Gasteiger partial charge in [-0.15, -0.1) is 12.4 Å². The molecule has 17 heavy (non-hydrogen) atoms. The molecular formula is C12H19ClN2O2. The topological polar surface area (TPSA) is 64.3 Å². The van der Waals surface area contributed by atoms with Crippen LogP contribution in [0.1, 0.15) is 12.5 Å². The normalized spacial score (nSPS) is 11.2. The molecule has 1 aromatic carbocycles. The van der Waals surface area contributed by atoms with E-state index in [4.69, 9.17) is 10.5 Å². The number of hydrogen-bond acceptors (Lipinski definition) is 3. The summed E-state index contributed by atoms with van der Waals surface area (Å²) in [5, 5.41) is 2.68. The molecule has 0 heterocycles. The van der Waals surface area contributed by atoms with E-state index < -0.39 is 6.04 Å². The Labute approximate surface area is 108 Å². The average molecular weight is 259 g/mol. The Kier molecular flexibility index (Phi) is 7.34. The second-order valence-electron chi connectivity index (χ2n) is 3.69. The van der Waals surface area contributed by atoms with Crippen LogP contribution in [-0.2, 0) is 4.79 Å². The maximum absolute atomic E-state index is 11.1. The largest absolute Gasteiger partial charge is 0.491 e. The first-order chi connectivity index (χ1) is 7.61. The van der Waals surface area contributed by atoms with Gasteiger partial charge in [0, 0.05) is 0 Å². The Balaban J connectivity index is 0.00000256. The molecule has 0 bridgehead atoms. The molecule has 0 saturated carbocycles. The number of aryl methyl sites for hydroxylation is 1. The number of nitrogens with one attached hydrogen (secondary N) is 1. The highest BCUT2D eigenvalue weighted by Crippen LogP contribution is 2.15. The van der Waals surface area contributed by atoms with Crippen molar-refractivity contribution in [2.24, 2.45) is 5.73 Å². The van der Waals surface area contributed by atoms with E-state index in [9.17, 15) is 4.79 Å². The number of benzene rings is 1. The zero-order valence-corrected chi connectivity index (χ0v) is 10.9. The predicted octanol–water partition coefficient (Wildman–Crippen LogP) is 1.26. The summed E-state index contributed by atoms with van der Waals surface area (Å²) in [6.45, 7) is 4.55. The van der Waals surface area contributed by atoms with Crippen LogP contribution in [0.2, 0.25) is 0 Å². The van der Waals surface area contributed by atoms with Gasteiger partial charge in [0.15, 0.2) is 0 Å². The lowest BCUT2D eigenvalue weighted by Gasteiger charge is -2.10. The standard InChI is InChI=1S/C12H18N2O2.ClH/c1-9-5-3-4-6-11(9)16-8-7-14-12(15)10(2)13;/h3-6,10H,7-8,13H2,1-2H3,(H,14,15);1H. The van der Waals surface area contributed by atoms with Crippen LogP contribution in [0, 0.1) is 6.92 Å². The van der Waals surface area contributed by atoms with E-state index in [1.165, 1.54) is 0 Å².